The first kappa shape index (κ1) is 18.8. The van der Waals surface area contributed by atoms with Gasteiger partial charge < -0.3 is 11.1 Å². The second kappa shape index (κ2) is 7.32. The zero-order chi connectivity index (χ0) is 14.9. The van der Waals surface area contributed by atoms with Crippen LogP contribution in [0.1, 0.15) is 66.2 Å². The molecule has 2 rings (SSSR count). The number of carbonyl (C=O) groups excluding carboxylic acids is 1. The highest BCUT2D eigenvalue weighted by Crippen LogP contribution is 2.40. The Labute approximate surface area is 136 Å². The number of nitrogens with one attached hydrogen (secondary N) is 1. The normalized spacial score (nSPS) is 32.5. The molecule has 2 fully saturated rings. The second-order valence-electron chi connectivity index (χ2n) is 8.16. The van der Waals surface area contributed by atoms with E-state index in [-0.39, 0.29) is 23.7 Å². The van der Waals surface area contributed by atoms with E-state index >= 15 is 0 Å². The summed E-state index contributed by atoms with van der Waals surface area (Å²) in [4.78, 5) is 12.6. The van der Waals surface area contributed by atoms with Gasteiger partial charge in [0.05, 0.1) is 0 Å². The summed E-state index contributed by atoms with van der Waals surface area (Å²) in [6.07, 6.45) is 6.90. The maximum Gasteiger partial charge on any atom is 0.225 e. The molecule has 0 aromatic rings. The topological polar surface area (TPSA) is 55.1 Å². The van der Waals surface area contributed by atoms with Gasteiger partial charge in [-0.3, -0.25) is 4.79 Å². The lowest BCUT2D eigenvalue weighted by Crippen LogP contribution is -2.56. The van der Waals surface area contributed by atoms with Gasteiger partial charge in [-0.1, -0.05) is 34.1 Å². The van der Waals surface area contributed by atoms with Crippen LogP contribution in [0, 0.1) is 23.2 Å². The molecule has 3 nitrogen and oxygen atoms in total. The molecule has 124 valence electrons. The summed E-state index contributed by atoms with van der Waals surface area (Å²) in [5.41, 5.74) is 5.90. The summed E-state index contributed by atoms with van der Waals surface area (Å²) < 4.78 is 0. The van der Waals surface area contributed by atoms with Crippen LogP contribution in [0.5, 0.6) is 0 Å². The molecule has 4 heteroatoms. The first-order valence-corrected chi connectivity index (χ1v) is 8.36. The van der Waals surface area contributed by atoms with Crippen LogP contribution in [0.4, 0.5) is 0 Å². The number of hydrogen-bond donors (Lipinski definition) is 2. The first-order valence-electron chi connectivity index (χ1n) is 8.36. The van der Waals surface area contributed by atoms with Crippen molar-refractivity contribution in [2.75, 3.05) is 0 Å². The number of rotatable bonds is 4. The quantitative estimate of drug-likeness (QED) is 0.834. The molecular formula is C17H33ClN2O. The summed E-state index contributed by atoms with van der Waals surface area (Å²) in [5, 5.41) is 3.39. The van der Waals surface area contributed by atoms with Crippen molar-refractivity contribution in [3.05, 3.63) is 0 Å². The SMILES string of the molecule is CC(C)CC(C)(C)C(=O)NC1C2CCCC1CC(N)C2.Cl. The number of carbonyl (C=O) groups is 1. The molecule has 2 saturated carbocycles. The fraction of sp³-hybridized carbons (Fsp3) is 0.941. The molecule has 1 amide bonds. The van der Waals surface area contributed by atoms with Crippen molar-refractivity contribution in [3.8, 4) is 0 Å². The molecule has 0 aliphatic heterocycles. The summed E-state index contributed by atoms with van der Waals surface area (Å²) in [5.74, 6) is 2.01. The van der Waals surface area contributed by atoms with Gasteiger partial charge in [0, 0.05) is 17.5 Å². The Balaban J connectivity index is 0.00000220. The minimum Gasteiger partial charge on any atom is -0.352 e. The van der Waals surface area contributed by atoms with Gasteiger partial charge in [-0.2, -0.15) is 0 Å². The highest BCUT2D eigenvalue weighted by atomic mass is 35.5. The van der Waals surface area contributed by atoms with E-state index in [2.05, 4.69) is 33.0 Å². The Bertz CT molecular complexity index is 343. The van der Waals surface area contributed by atoms with Crippen LogP contribution in [0.2, 0.25) is 0 Å². The Morgan fingerprint density at radius 1 is 1.24 bits per heavy atom. The Morgan fingerprint density at radius 2 is 1.76 bits per heavy atom. The van der Waals surface area contributed by atoms with E-state index in [0.29, 0.717) is 29.8 Å². The molecule has 0 aromatic carbocycles. The minimum atomic E-state index is -0.262. The average Bonchev–Trinajstić information content (AvgIpc) is 2.28. The van der Waals surface area contributed by atoms with Crippen molar-refractivity contribution in [1.29, 1.82) is 0 Å². The van der Waals surface area contributed by atoms with Crippen molar-refractivity contribution < 1.29 is 4.79 Å². The molecule has 2 bridgehead atoms. The van der Waals surface area contributed by atoms with Crippen molar-refractivity contribution >= 4 is 18.3 Å². The third-order valence-electron chi connectivity index (χ3n) is 5.21. The van der Waals surface area contributed by atoms with Crippen molar-refractivity contribution in [1.82, 2.24) is 5.32 Å². The highest BCUT2D eigenvalue weighted by molar-refractivity contribution is 5.85. The lowest BCUT2D eigenvalue weighted by atomic mass is 9.66. The number of nitrogens with two attached hydrogens (primary N) is 1. The Hall–Kier alpha value is -0.280. The van der Waals surface area contributed by atoms with E-state index in [9.17, 15) is 4.79 Å². The number of hydrogen-bond acceptors (Lipinski definition) is 2. The molecule has 0 spiro atoms. The van der Waals surface area contributed by atoms with Crippen LogP contribution in [0.3, 0.4) is 0 Å². The van der Waals surface area contributed by atoms with Gasteiger partial charge in [-0.15, -0.1) is 12.4 Å². The fourth-order valence-electron chi connectivity index (χ4n) is 4.48. The maximum absolute atomic E-state index is 12.6. The zero-order valence-corrected chi connectivity index (χ0v) is 14.8. The highest BCUT2D eigenvalue weighted by Gasteiger charge is 2.41. The molecule has 2 unspecified atom stereocenters. The van der Waals surface area contributed by atoms with Crippen molar-refractivity contribution in [3.63, 3.8) is 0 Å². The summed E-state index contributed by atoms with van der Waals surface area (Å²) in [7, 11) is 0. The van der Waals surface area contributed by atoms with E-state index in [1.165, 1.54) is 19.3 Å². The first-order chi connectivity index (χ1) is 9.29. The van der Waals surface area contributed by atoms with Crippen molar-refractivity contribution in [2.24, 2.45) is 28.9 Å². The van der Waals surface area contributed by atoms with Gasteiger partial charge in [0.25, 0.3) is 0 Å². The number of halogens is 1. The second-order valence-corrected chi connectivity index (χ2v) is 8.16. The summed E-state index contributed by atoms with van der Waals surface area (Å²) >= 11 is 0. The molecule has 2 atom stereocenters. The predicted octanol–water partition coefficient (Wildman–Crippen LogP) is 3.50. The van der Waals surface area contributed by atoms with Crippen LogP contribution in [0.15, 0.2) is 0 Å². The molecule has 0 heterocycles. The molecule has 21 heavy (non-hydrogen) atoms. The smallest absolute Gasteiger partial charge is 0.225 e. The summed E-state index contributed by atoms with van der Waals surface area (Å²) in [6.45, 7) is 8.52. The largest absolute Gasteiger partial charge is 0.352 e. The van der Waals surface area contributed by atoms with Crippen LogP contribution >= 0.6 is 12.4 Å². The lowest BCUT2D eigenvalue weighted by Gasteiger charge is -2.46. The maximum atomic E-state index is 12.6. The molecule has 3 N–H and O–H groups in total. The van der Waals surface area contributed by atoms with Crippen LogP contribution in [0.25, 0.3) is 0 Å². The predicted molar refractivity (Wildman–Crippen MR) is 90.5 cm³/mol. The molecule has 0 radical (unpaired) electrons. The molecule has 0 aromatic heterocycles. The molecule has 2 aliphatic carbocycles. The van der Waals surface area contributed by atoms with E-state index in [0.717, 1.165) is 19.3 Å². The van der Waals surface area contributed by atoms with Crippen LogP contribution in [-0.4, -0.2) is 18.0 Å². The number of fused-ring (bicyclic) bond motifs is 2. The third kappa shape index (κ3) is 4.59. The van der Waals surface area contributed by atoms with Crippen molar-refractivity contribution in [2.45, 2.75) is 78.3 Å². The van der Waals surface area contributed by atoms with E-state index < -0.39 is 0 Å². The Kier molecular flexibility index (Phi) is 6.54. The Morgan fingerprint density at radius 3 is 2.24 bits per heavy atom. The standard InChI is InChI=1S/C17H32N2O.ClH/c1-11(2)10-17(3,4)16(20)19-15-12-6-5-7-13(15)9-14(18)8-12;/h11-15H,5-10,18H2,1-4H3,(H,19,20);1H. The fourth-order valence-corrected chi connectivity index (χ4v) is 4.48. The van der Waals surface area contributed by atoms with E-state index in [1.54, 1.807) is 0 Å². The van der Waals surface area contributed by atoms with Gasteiger partial charge in [0.1, 0.15) is 0 Å². The van der Waals surface area contributed by atoms with Gasteiger partial charge >= 0.3 is 0 Å². The number of amides is 1. The summed E-state index contributed by atoms with van der Waals surface area (Å²) in [6, 6.07) is 0.726. The van der Waals surface area contributed by atoms with Gasteiger partial charge in [-0.25, -0.2) is 0 Å². The van der Waals surface area contributed by atoms with Gasteiger partial charge in [-0.05, 0) is 49.9 Å². The van der Waals surface area contributed by atoms with Gasteiger partial charge in [0.15, 0.2) is 0 Å². The lowest BCUT2D eigenvalue weighted by molar-refractivity contribution is -0.132. The van der Waals surface area contributed by atoms with Gasteiger partial charge in [0.2, 0.25) is 5.91 Å². The molecule has 0 saturated heterocycles. The third-order valence-corrected chi connectivity index (χ3v) is 5.21. The van der Waals surface area contributed by atoms with Crippen LogP contribution in [-0.2, 0) is 4.79 Å². The molecule has 2 aliphatic rings. The molecular weight excluding hydrogens is 284 g/mol. The van der Waals surface area contributed by atoms with E-state index in [1.807, 2.05) is 0 Å². The van der Waals surface area contributed by atoms with Crippen LogP contribution < -0.4 is 11.1 Å². The minimum absolute atomic E-state index is 0. The monoisotopic (exact) mass is 316 g/mol. The van der Waals surface area contributed by atoms with E-state index in [4.69, 9.17) is 5.73 Å². The average molecular weight is 317 g/mol. The zero-order valence-electron chi connectivity index (χ0n) is 14.0.